The summed E-state index contributed by atoms with van der Waals surface area (Å²) in [6.07, 6.45) is 1.55. The Morgan fingerprint density at radius 2 is 2.50 bits per heavy atom. The Balaban J connectivity index is 2.62. The molecule has 0 amide bonds. The number of pyridine rings is 1. The molecular formula is C6H3N4O2. The van der Waals surface area contributed by atoms with E-state index in [1.54, 1.807) is 18.3 Å². The van der Waals surface area contributed by atoms with Crippen LogP contribution in [-0.2, 0) is 4.79 Å². The molecule has 0 aliphatic carbocycles. The van der Waals surface area contributed by atoms with E-state index >= 15 is 0 Å². The first-order valence-corrected chi connectivity index (χ1v) is 3.13. The van der Waals surface area contributed by atoms with E-state index in [-0.39, 0.29) is 0 Å². The van der Waals surface area contributed by atoms with E-state index in [0.717, 1.165) is 4.85 Å². The first-order valence-electron chi connectivity index (χ1n) is 3.13. The van der Waals surface area contributed by atoms with E-state index in [0.29, 0.717) is 11.2 Å². The minimum atomic E-state index is 0.390. The van der Waals surface area contributed by atoms with Gasteiger partial charge in [0.05, 0.1) is 0 Å². The average molecular weight is 163 g/mol. The van der Waals surface area contributed by atoms with Crippen LogP contribution in [0.2, 0.25) is 0 Å². The van der Waals surface area contributed by atoms with E-state index < -0.39 is 0 Å². The van der Waals surface area contributed by atoms with Crippen LogP contribution in [-0.4, -0.2) is 26.6 Å². The van der Waals surface area contributed by atoms with Crippen molar-refractivity contribution in [2.45, 2.75) is 0 Å². The number of rotatable bonds is 2. The summed E-state index contributed by atoms with van der Waals surface area (Å²) in [6.45, 7) is 1.23. The minimum absolute atomic E-state index is 0.390. The maximum absolute atomic E-state index is 9.85. The second-order valence-corrected chi connectivity index (χ2v) is 1.98. The molecule has 0 fully saturated rings. The predicted molar refractivity (Wildman–Crippen MR) is 37.6 cm³/mol. The van der Waals surface area contributed by atoms with Crippen LogP contribution in [0, 0.1) is 0 Å². The molecule has 1 radical (unpaired) electrons. The van der Waals surface area contributed by atoms with Crippen LogP contribution < -0.4 is 4.84 Å². The lowest BCUT2D eigenvalue weighted by Gasteiger charge is -1.91. The minimum Gasteiger partial charge on any atom is -0.304 e. The Morgan fingerprint density at radius 1 is 1.58 bits per heavy atom. The predicted octanol–water partition coefficient (Wildman–Crippen LogP) is -0.678. The number of hydrogen-bond acceptors (Lipinski definition) is 5. The Kier molecular flexibility index (Phi) is 1.44. The van der Waals surface area contributed by atoms with Crippen molar-refractivity contribution < 1.29 is 9.63 Å². The van der Waals surface area contributed by atoms with E-state index in [1.165, 1.54) is 6.47 Å². The van der Waals surface area contributed by atoms with Crippen LogP contribution in [0.4, 0.5) is 0 Å². The van der Waals surface area contributed by atoms with E-state index in [9.17, 15) is 4.79 Å². The fourth-order valence-corrected chi connectivity index (χ4v) is 0.842. The van der Waals surface area contributed by atoms with Crippen molar-refractivity contribution in [2.24, 2.45) is 0 Å². The summed E-state index contributed by atoms with van der Waals surface area (Å²) in [6, 6.07) is 3.42. The van der Waals surface area contributed by atoms with Gasteiger partial charge in [-0.3, -0.25) is 0 Å². The standard InChI is InChI=1S/C6H3N4O2/c11-4-12-10-6-5(8-9-10)2-1-3-7-6/h1-3H. The highest BCUT2D eigenvalue weighted by molar-refractivity contribution is 5.68. The van der Waals surface area contributed by atoms with Crippen molar-refractivity contribution >= 4 is 17.6 Å². The first kappa shape index (κ1) is 6.71. The largest absolute Gasteiger partial charge is 0.445 e. The summed E-state index contributed by atoms with van der Waals surface area (Å²) in [5, 5.41) is 7.19. The van der Waals surface area contributed by atoms with E-state index in [2.05, 4.69) is 20.1 Å². The zero-order valence-corrected chi connectivity index (χ0v) is 5.84. The summed E-state index contributed by atoms with van der Waals surface area (Å²) >= 11 is 0. The molecule has 0 aliphatic heterocycles. The molecule has 0 N–H and O–H groups in total. The molecule has 0 saturated heterocycles. The van der Waals surface area contributed by atoms with Crippen molar-refractivity contribution in [2.75, 3.05) is 0 Å². The van der Waals surface area contributed by atoms with Gasteiger partial charge in [0.2, 0.25) is 5.65 Å². The third-order valence-electron chi connectivity index (χ3n) is 1.30. The van der Waals surface area contributed by atoms with Gasteiger partial charge in [-0.15, -0.1) is 5.10 Å². The van der Waals surface area contributed by atoms with Crippen LogP contribution >= 0.6 is 0 Å². The van der Waals surface area contributed by atoms with Crippen molar-refractivity contribution in [3.8, 4) is 0 Å². The smallest absolute Gasteiger partial charge is 0.304 e. The lowest BCUT2D eigenvalue weighted by atomic mass is 10.4. The van der Waals surface area contributed by atoms with Gasteiger partial charge in [-0.25, -0.2) is 9.78 Å². The number of nitrogens with zero attached hydrogens (tertiary/aromatic N) is 4. The summed E-state index contributed by atoms with van der Waals surface area (Å²) in [4.78, 5) is 19.0. The number of carbonyl (C=O) groups excluding carboxylic acids is 1. The summed E-state index contributed by atoms with van der Waals surface area (Å²) in [7, 11) is 0. The highest BCUT2D eigenvalue weighted by Gasteiger charge is 2.04. The molecule has 0 atom stereocenters. The molecule has 6 heteroatoms. The van der Waals surface area contributed by atoms with Gasteiger partial charge in [0, 0.05) is 6.20 Å². The molecule has 0 unspecified atom stereocenters. The Bertz CT molecular complexity index is 411. The lowest BCUT2D eigenvalue weighted by Crippen LogP contribution is -2.11. The molecule has 0 saturated carbocycles. The zero-order chi connectivity index (χ0) is 8.39. The zero-order valence-electron chi connectivity index (χ0n) is 5.84. The Hall–Kier alpha value is -1.98. The highest BCUT2D eigenvalue weighted by atomic mass is 16.7. The third-order valence-corrected chi connectivity index (χ3v) is 1.30. The van der Waals surface area contributed by atoms with Crippen molar-refractivity contribution in [3.63, 3.8) is 0 Å². The molecule has 12 heavy (non-hydrogen) atoms. The van der Waals surface area contributed by atoms with Gasteiger partial charge in [-0.1, -0.05) is 0 Å². The summed E-state index contributed by atoms with van der Waals surface area (Å²) in [5.41, 5.74) is 0.952. The van der Waals surface area contributed by atoms with Crippen molar-refractivity contribution in [3.05, 3.63) is 18.3 Å². The second kappa shape index (κ2) is 2.57. The van der Waals surface area contributed by atoms with Crippen LogP contribution in [0.25, 0.3) is 11.2 Å². The maximum atomic E-state index is 9.85. The normalized spacial score (nSPS) is 10.0. The monoisotopic (exact) mass is 163 g/mol. The van der Waals surface area contributed by atoms with Crippen LogP contribution in [0.1, 0.15) is 0 Å². The fourth-order valence-electron chi connectivity index (χ4n) is 0.842. The average Bonchev–Trinajstić information content (AvgIpc) is 2.50. The SMILES string of the molecule is O=[C]On1nnc2cccnc21. The highest BCUT2D eigenvalue weighted by Crippen LogP contribution is 2.03. The van der Waals surface area contributed by atoms with Crippen LogP contribution in [0.15, 0.2) is 18.3 Å². The van der Waals surface area contributed by atoms with Gasteiger partial charge < -0.3 is 4.84 Å². The Morgan fingerprint density at radius 3 is 3.33 bits per heavy atom. The third kappa shape index (κ3) is 0.895. The van der Waals surface area contributed by atoms with E-state index in [1.807, 2.05) is 0 Å². The number of fused-ring (bicyclic) bond motifs is 1. The maximum Gasteiger partial charge on any atom is 0.445 e. The Labute approximate surface area is 66.7 Å². The topological polar surface area (TPSA) is 69.9 Å². The molecular weight excluding hydrogens is 160 g/mol. The van der Waals surface area contributed by atoms with Gasteiger partial charge in [0.25, 0.3) is 0 Å². The molecule has 2 aromatic heterocycles. The molecule has 0 aliphatic rings. The lowest BCUT2D eigenvalue weighted by molar-refractivity contribution is 0.209. The van der Waals surface area contributed by atoms with Crippen molar-refractivity contribution in [1.29, 1.82) is 0 Å². The first-order chi connectivity index (χ1) is 5.92. The molecule has 2 heterocycles. The summed E-state index contributed by atoms with van der Waals surface area (Å²) < 4.78 is 0. The van der Waals surface area contributed by atoms with Gasteiger partial charge in [0.15, 0.2) is 0 Å². The van der Waals surface area contributed by atoms with Crippen molar-refractivity contribution in [1.82, 2.24) is 20.1 Å². The quantitative estimate of drug-likeness (QED) is 0.548. The molecule has 2 rings (SSSR count). The van der Waals surface area contributed by atoms with Crippen LogP contribution in [0.3, 0.4) is 0 Å². The van der Waals surface area contributed by atoms with Crippen LogP contribution in [0.5, 0.6) is 0 Å². The molecule has 0 aromatic carbocycles. The van der Waals surface area contributed by atoms with Gasteiger partial charge in [-0.2, -0.15) is 0 Å². The van der Waals surface area contributed by atoms with Gasteiger partial charge >= 0.3 is 6.47 Å². The number of hydrogen-bond donors (Lipinski definition) is 0. The molecule has 2 aromatic rings. The second-order valence-electron chi connectivity index (χ2n) is 1.98. The molecule has 59 valence electrons. The summed E-state index contributed by atoms with van der Waals surface area (Å²) in [5.74, 6) is 0. The molecule has 0 spiro atoms. The van der Waals surface area contributed by atoms with Gasteiger partial charge in [-0.05, 0) is 22.2 Å². The fraction of sp³-hybridized carbons (Fsp3) is 0. The number of aromatic nitrogens is 4. The molecule has 6 nitrogen and oxygen atoms in total. The molecule has 0 bridgehead atoms. The van der Waals surface area contributed by atoms with Gasteiger partial charge in [0.1, 0.15) is 5.52 Å². The van der Waals surface area contributed by atoms with E-state index in [4.69, 9.17) is 0 Å².